The Morgan fingerprint density at radius 3 is 1.67 bits per heavy atom. The van der Waals surface area contributed by atoms with Gasteiger partial charge in [-0.3, -0.25) is 9.11 Å². The first-order valence-electron chi connectivity index (χ1n) is 2.04. The van der Waals surface area contributed by atoms with Gasteiger partial charge in [-0.15, -0.1) is 6.58 Å². The summed E-state index contributed by atoms with van der Waals surface area (Å²) in [6, 6.07) is 0. The van der Waals surface area contributed by atoms with Crippen LogP contribution in [0.1, 0.15) is 0 Å². The highest BCUT2D eigenvalue weighted by atomic mass is 32.3. The summed E-state index contributed by atoms with van der Waals surface area (Å²) >= 11 is 0. The average Bonchev–Trinajstić information content (AvgIpc) is 1.63. The minimum Gasteiger partial charge on any atom is -0.344 e. The summed E-state index contributed by atoms with van der Waals surface area (Å²) in [5.74, 6) is 4.57. The SMILES string of the molecule is C=CCON.N.N.O=S(=O)(O)O. The Kier molecular flexibility index (Phi) is 24.5. The van der Waals surface area contributed by atoms with Crippen LogP contribution in [0.4, 0.5) is 0 Å². The second-order valence-corrected chi connectivity index (χ2v) is 1.97. The third-order valence-electron chi connectivity index (χ3n) is 0.214. The van der Waals surface area contributed by atoms with Crippen LogP contribution in [0.25, 0.3) is 0 Å². The number of nitrogens with two attached hydrogens (primary N) is 1. The molecule has 0 saturated carbocycles. The lowest BCUT2D eigenvalue weighted by molar-refractivity contribution is 0.168. The van der Waals surface area contributed by atoms with Gasteiger partial charge in [-0.05, 0) is 0 Å². The molecule has 0 rings (SSSR count). The van der Waals surface area contributed by atoms with Crippen molar-refractivity contribution in [2.45, 2.75) is 0 Å². The van der Waals surface area contributed by atoms with Gasteiger partial charge in [-0.25, -0.2) is 5.90 Å². The van der Waals surface area contributed by atoms with Crippen LogP contribution in [-0.4, -0.2) is 24.1 Å². The molecule has 0 saturated heterocycles. The van der Waals surface area contributed by atoms with Gasteiger partial charge in [0.2, 0.25) is 0 Å². The summed E-state index contributed by atoms with van der Waals surface area (Å²) in [5, 5.41) is 0. The van der Waals surface area contributed by atoms with Gasteiger partial charge in [0.15, 0.2) is 0 Å². The Bertz CT molecular complexity index is 159. The summed E-state index contributed by atoms with van der Waals surface area (Å²) in [5.41, 5.74) is 0. The van der Waals surface area contributed by atoms with Crippen molar-refractivity contribution in [1.82, 2.24) is 12.3 Å². The van der Waals surface area contributed by atoms with Crippen LogP contribution in [0.15, 0.2) is 12.7 Å². The topological polar surface area (TPSA) is 180 Å². The van der Waals surface area contributed by atoms with E-state index in [1.807, 2.05) is 0 Å². The Morgan fingerprint density at radius 1 is 1.42 bits per heavy atom. The van der Waals surface area contributed by atoms with E-state index in [2.05, 4.69) is 17.3 Å². The van der Waals surface area contributed by atoms with E-state index in [0.29, 0.717) is 6.61 Å². The molecule has 0 aliphatic heterocycles. The molecule has 0 aliphatic carbocycles. The van der Waals surface area contributed by atoms with Crippen molar-refractivity contribution in [3.05, 3.63) is 12.7 Å². The quantitative estimate of drug-likeness (QED) is 0.232. The Morgan fingerprint density at radius 2 is 1.67 bits per heavy atom. The van der Waals surface area contributed by atoms with Gasteiger partial charge < -0.3 is 17.1 Å². The second-order valence-electron chi connectivity index (χ2n) is 1.07. The van der Waals surface area contributed by atoms with Crippen molar-refractivity contribution in [2.24, 2.45) is 5.90 Å². The molecule has 78 valence electrons. The van der Waals surface area contributed by atoms with Crippen LogP contribution in [0.2, 0.25) is 0 Å². The van der Waals surface area contributed by atoms with Crippen molar-refractivity contribution in [1.29, 1.82) is 0 Å². The van der Waals surface area contributed by atoms with Gasteiger partial charge in [0, 0.05) is 0 Å². The van der Waals surface area contributed by atoms with E-state index in [-0.39, 0.29) is 12.3 Å². The minimum atomic E-state index is -4.67. The first-order chi connectivity index (χ1) is 4.41. The summed E-state index contributed by atoms with van der Waals surface area (Å²) in [4.78, 5) is 4.07. The molecular weight excluding hydrogens is 190 g/mol. The van der Waals surface area contributed by atoms with Crippen LogP contribution in [0, 0.1) is 0 Å². The molecule has 0 atom stereocenters. The fourth-order valence-electron chi connectivity index (χ4n) is 0.0680. The van der Waals surface area contributed by atoms with E-state index >= 15 is 0 Å². The lowest BCUT2D eigenvalue weighted by Crippen LogP contribution is -1.96. The van der Waals surface area contributed by atoms with Crippen molar-refractivity contribution in [3.8, 4) is 0 Å². The van der Waals surface area contributed by atoms with Gasteiger partial charge in [0.1, 0.15) is 0 Å². The maximum atomic E-state index is 8.74. The van der Waals surface area contributed by atoms with Crippen molar-refractivity contribution in [2.75, 3.05) is 6.61 Å². The Balaban J connectivity index is -0.0000000457. The molecule has 0 aromatic carbocycles. The van der Waals surface area contributed by atoms with Crippen molar-refractivity contribution < 1.29 is 22.4 Å². The molecule has 0 aromatic rings. The highest BCUT2D eigenvalue weighted by molar-refractivity contribution is 7.79. The molecule has 9 heteroatoms. The summed E-state index contributed by atoms with van der Waals surface area (Å²) in [6.07, 6.45) is 1.58. The number of hydrogen-bond acceptors (Lipinski definition) is 6. The van der Waals surface area contributed by atoms with Gasteiger partial charge in [0.25, 0.3) is 0 Å². The van der Waals surface area contributed by atoms with E-state index in [1.165, 1.54) is 0 Å². The van der Waals surface area contributed by atoms with Gasteiger partial charge in [-0.1, -0.05) is 6.08 Å². The molecule has 8 nitrogen and oxygen atoms in total. The molecule has 10 N–H and O–H groups in total. The molecule has 0 fully saturated rings. The number of rotatable bonds is 2. The average molecular weight is 205 g/mol. The fraction of sp³-hybridized carbons (Fsp3) is 0.333. The van der Waals surface area contributed by atoms with Gasteiger partial charge in [0.05, 0.1) is 6.61 Å². The lowest BCUT2D eigenvalue weighted by Gasteiger charge is -1.79. The van der Waals surface area contributed by atoms with Crippen LogP contribution in [-0.2, 0) is 15.2 Å². The maximum absolute atomic E-state index is 8.74. The smallest absolute Gasteiger partial charge is 0.344 e. The van der Waals surface area contributed by atoms with E-state index in [0.717, 1.165) is 0 Å². The Hall–Kier alpha value is -0.550. The van der Waals surface area contributed by atoms with Gasteiger partial charge >= 0.3 is 10.4 Å². The second kappa shape index (κ2) is 13.1. The van der Waals surface area contributed by atoms with Crippen LogP contribution in [0.3, 0.4) is 0 Å². The van der Waals surface area contributed by atoms with E-state index in [9.17, 15) is 0 Å². The molecule has 0 bridgehead atoms. The largest absolute Gasteiger partial charge is 0.394 e. The fourth-order valence-corrected chi connectivity index (χ4v) is 0.0680. The van der Waals surface area contributed by atoms with Crippen molar-refractivity contribution >= 4 is 10.4 Å². The molecule has 12 heavy (non-hydrogen) atoms. The van der Waals surface area contributed by atoms with E-state index in [4.69, 9.17) is 17.5 Å². The van der Waals surface area contributed by atoms with E-state index < -0.39 is 10.4 Å². The van der Waals surface area contributed by atoms with E-state index in [1.54, 1.807) is 6.08 Å². The monoisotopic (exact) mass is 205 g/mol. The molecular formula is C3H15N3O5S. The lowest BCUT2D eigenvalue weighted by atomic mass is 10.7. The van der Waals surface area contributed by atoms with Gasteiger partial charge in [-0.2, -0.15) is 8.42 Å². The minimum absolute atomic E-state index is 0. The number of hydrogen-bond donors (Lipinski definition) is 5. The maximum Gasteiger partial charge on any atom is 0.394 e. The van der Waals surface area contributed by atoms with Crippen LogP contribution >= 0.6 is 0 Å². The third-order valence-corrected chi connectivity index (χ3v) is 0.214. The molecule has 0 unspecified atom stereocenters. The summed E-state index contributed by atoms with van der Waals surface area (Å²) in [6.45, 7) is 3.78. The molecule has 0 aliphatic rings. The predicted octanol–water partition coefficient (Wildman–Crippen LogP) is -0.266. The Labute approximate surface area is 71.1 Å². The molecule has 0 amide bonds. The molecule has 0 heterocycles. The summed E-state index contributed by atoms with van der Waals surface area (Å²) < 4.78 is 31.6. The zero-order valence-electron chi connectivity index (χ0n) is 6.51. The highest BCUT2D eigenvalue weighted by Gasteiger charge is 1.84. The predicted molar refractivity (Wildman–Crippen MR) is 44.6 cm³/mol. The normalized spacial score (nSPS) is 7.92. The third kappa shape index (κ3) is 321. The molecule has 0 spiro atoms. The molecule has 0 aromatic heterocycles. The van der Waals surface area contributed by atoms with Crippen LogP contribution in [0.5, 0.6) is 0 Å². The molecule has 0 radical (unpaired) electrons. The highest BCUT2D eigenvalue weighted by Crippen LogP contribution is 1.59. The zero-order chi connectivity index (χ0) is 8.62. The standard InChI is InChI=1S/C3H7NO.2H3N.H2O4S/c1-2-3-5-4;;;1-5(2,3)4/h2H,1,3-4H2;2*1H3;(H2,1,2,3,4). The first-order valence-corrected chi connectivity index (χ1v) is 3.44. The van der Waals surface area contributed by atoms with Crippen LogP contribution < -0.4 is 18.2 Å². The first kappa shape index (κ1) is 22.5. The zero-order valence-corrected chi connectivity index (χ0v) is 7.33. The summed E-state index contributed by atoms with van der Waals surface area (Å²) in [7, 11) is -4.67. The van der Waals surface area contributed by atoms with Crippen molar-refractivity contribution in [3.63, 3.8) is 0 Å².